The van der Waals surface area contributed by atoms with Crippen molar-refractivity contribution in [1.29, 1.82) is 0 Å². The molecule has 1 aromatic heterocycles. The Kier molecular flexibility index (Phi) is 7.84. The molecule has 2 aliphatic heterocycles. The van der Waals surface area contributed by atoms with Crippen LogP contribution < -0.4 is 0 Å². The number of likely N-dealkylation sites (tertiary alicyclic amines) is 2. The van der Waals surface area contributed by atoms with E-state index in [9.17, 15) is 9.90 Å². The second-order valence-corrected chi connectivity index (χ2v) is 11.3. The minimum atomic E-state index is -0.562. The minimum absolute atomic E-state index is 0.497. The predicted molar refractivity (Wildman–Crippen MR) is 133 cm³/mol. The first-order valence-corrected chi connectivity index (χ1v) is 13.6. The zero-order valence-electron chi connectivity index (χ0n) is 21.5. The van der Waals surface area contributed by atoms with Crippen molar-refractivity contribution in [2.45, 2.75) is 91.5 Å². The average Bonchev–Trinajstić information content (AvgIpc) is 3.32. The van der Waals surface area contributed by atoms with Gasteiger partial charge >= 0.3 is 5.97 Å². The van der Waals surface area contributed by atoms with Gasteiger partial charge in [0.15, 0.2) is 0 Å². The van der Waals surface area contributed by atoms with Gasteiger partial charge in [-0.1, -0.05) is 33.1 Å². The zero-order chi connectivity index (χ0) is 23.6. The largest absolute Gasteiger partial charge is 0.481 e. The molecule has 1 N–H and O–H groups in total. The van der Waals surface area contributed by atoms with Crippen LogP contribution in [0.5, 0.6) is 0 Å². The molecule has 6 nitrogen and oxygen atoms in total. The van der Waals surface area contributed by atoms with Crippen LogP contribution in [0.15, 0.2) is 0 Å². The highest BCUT2D eigenvalue weighted by molar-refractivity contribution is 5.75. The van der Waals surface area contributed by atoms with Crippen LogP contribution in [0.25, 0.3) is 0 Å². The minimum Gasteiger partial charge on any atom is -0.481 e. The summed E-state index contributed by atoms with van der Waals surface area (Å²) < 4.78 is 2.26. The van der Waals surface area contributed by atoms with Crippen molar-refractivity contribution in [3.05, 3.63) is 17.0 Å². The number of carboxylic acid groups (broad SMARTS) is 1. The fraction of sp³-hybridized carbons (Fsp3) is 0.852. The summed E-state index contributed by atoms with van der Waals surface area (Å²) in [7, 11) is 0. The van der Waals surface area contributed by atoms with E-state index in [2.05, 4.69) is 42.2 Å². The van der Waals surface area contributed by atoms with Gasteiger partial charge in [-0.3, -0.25) is 9.48 Å². The summed E-state index contributed by atoms with van der Waals surface area (Å²) in [6.45, 7) is 16.4. The summed E-state index contributed by atoms with van der Waals surface area (Å²) in [6, 6.07) is 0. The van der Waals surface area contributed by atoms with Gasteiger partial charge in [-0.2, -0.15) is 5.10 Å². The van der Waals surface area contributed by atoms with Crippen LogP contribution in [0, 0.1) is 24.2 Å². The van der Waals surface area contributed by atoms with Crippen LogP contribution >= 0.6 is 0 Å². The number of hydrogen-bond donors (Lipinski definition) is 1. The van der Waals surface area contributed by atoms with E-state index in [0.717, 1.165) is 64.8 Å². The summed E-state index contributed by atoms with van der Waals surface area (Å²) >= 11 is 0. The van der Waals surface area contributed by atoms with Gasteiger partial charge in [0.25, 0.3) is 0 Å². The maximum Gasteiger partial charge on any atom is 0.310 e. The number of nitrogens with zero attached hydrogens (tertiary/aromatic N) is 4. The molecule has 1 unspecified atom stereocenters. The molecule has 6 heteroatoms. The van der Waals surface area contributed by atoms with Gasteiger partial charge in [-0.15, -0.1) is 0 Å². The van der Waals surface area contributed by atoms with E-state index in [4.69, 9.17) is 5.10 Å². The van der Waals surface area contributed by atoms with Crippen molar-refractivity contribution in [2.75, 3.05) is 39.3 Å². The summed E-state index contributed by atoms with van der Waals surface area (Å²) in [6.07, 6.45) is 8.53. The third-order valence-electron chi connectivity index (χ3n) is 9.07. The van der Waals surface area contributed by atoms with Gasteiger partial charge < -0.3 is 14.9 Å². The Morgan fingerprint density at radius 3 is 2.39 bits per heavy atom. The lowest BCUT2D eigenvalue weighted by Crippen LogP contribution is -2.44. The molecule has 3 fully saturated rings. The predicted octanol–water partition coefficient (Wildman–Crippen LogP) is 4.56. The molecule has 33 heavy (non-hydrogen) atoms. The number of aromatic nitrogens is 2. The monoisotopic (exact) mass is 458 g/mol. The SMILES string of the molecule is CCc1nn(CC)c(C2CCN(CC3CN(CC4(C(=O)O)CCCCC4)C[C@@H]3C)CC2)c1C. The molecule has 2 saturated heterocycles. The van der Waals surface area contributed by atoms with Crippen molar-refractivity contribution in [3.8, 4) is 0 Å². The first kappa shape index (κ1) is 24.7. The molecule has 1 aromatic rings. The van der Waals surface area contributed by atoms with E-state index in [1.54, 1.807) is 0 Å². The van der Waals surface area contributed by atoms with Crippen LogP contribution in [-0.2, 0) is 17.8 Å². The molecule has 186 valence electrons. The third-order valence-corrected chi connectivity index (χ3v) is 9.07. The lowest BCUT2D eigenvalue weighted by atomic mass is 9.73. The number of aryl methyl sites for hydroxylation is 2. The lowest BCUT2D eigenvalue weighted by molar-refractivity contribution is -0.152. The van der Waals surface area contributed by atoms with Gasteiger partial charge in [0, 0.05) is 44.3 Å². The van der Waals surface area contributed by atoms with Crippen molar-refractivity contribution in [3.63, 3.8) is 0 Å². The molecular weight excluding hydrogens is 412 g/mol. The highest BCUT2D eigenvalue weighted by Crippen LogP contribution is 2.39. The van der Waals surface area contributed by atoms with Crippen molar-refractivity contribution >= 4 is 5.97 Å². The Hall–Kier alpha value is -1.40. The molecule has 4 rings (SSSR count). The van der Waals surface area contributed by atoms with E-state index >= 15 is 0 Å². The lowest BCUT2D eigenvalue weighted by Gasteiger charge is -2.37. The topological polar surface area (TPSA) is 61.6 Å². The van der Waals surface area contributed by atoms with Crippen molar-refractivity contribution in [2.24, 2.45) is 17.3 Å². The Labute approximate surface area is 200 Å². The number of hydrogen-bond acceptors (Lipinski definition) is 4. The zero-order valence-corrected chi connectivity index (χ0v) is 21.5. The highest BCUT2D eigenvalue weighted by Gasteiger charge is 2.43. The Morgan fingerprint density at radius 1 is 1.09 bits per heavy atom. The summed E-state index contributed by atoms with van der Waals surface area (Å²) in [4.78, 5) is 17.3. The van der Waals surface area contributed by atoms with Gasteiger partial charge in [0.1, 0.15) is 0 Å². The third kappa shape index (κ3) is 5.17. The number of carbonyl (C=O) groups is 1. The number of carboxylic acids is 1. The average molecular weight is 459 g/mol. The fourth-order valence-corrected chi connectivity index (χ4v) is 7.04. The summed E-state index contributed by atoms with van der Waals surface area (Å²) in [5.41, 5.74) is 3.68. The van der Waals surface area contributed by atoms with E-state index in [-0.39, 0.29) is 0 Å². The first-order chi connectivity index (χ1) is 15.9. The quantitative estimate of drug-likeness (QED) is 0.619. The molecule has 0 bridgehead atoms. The molecule has 0 spiro atoms. The number of piperidine rings is 1. The summed E-state index contributed by atoms with van der Waals surface area (Å²) in [5.74, 6) is 1.38. The molecule has 3 aliphatic rings. The molecular formula is C27H46N4O2. The van der Waals surface area contributed by atoms with Gasteiger partial charge in [0.05, 0.1) is 11.1 Å². The van der Waals surface area contributed by atoms with E-state index in [1.165, 1.54) is 49.3 Å². The Morgan fingerprint density at radius 2 is 1.79 bits per heavy atom. The first-order valence-electron chi connectivity index (χ1n) is 13.6. The van der Waals surface area contributed by atoms with Crippen LogP contribution in [-0.4, -0.2) is 69.9 Å². The molecule has 1 saturated carbocycles. The smallest absolute Gasteiger partial charge is 0.310 e. The van der Waals surface area contributed by atoms with Crippen molar-refractivity contribution in [1.82, 2.24) is 19.6 Å². The molecule has 3 heterocycles. The maximum absolute atomic E-state index is 12.1. The second kappa shape index (κ2) is 10.5. The van der Waals surface area contributed by atoms with Gasteiger partial charge in [-0.05, 0) is 76.4 Å². The molecule has 0 amide bonds. The normalized spacial score (nSPS) is 27.3. The summed E-state index contributed by atoms with van der Waals surface area (Å²) in [5, 5.41) is 14.9. The Bertz CT molecular complexity index is 805. The standard InChI is InChI=1S/C27H46N4O2/c1-5-24-21(4)25(31(6-2)28-24)22-10-14-29(15-11-22)17-23-18-30(16-20(23)3)19-27(26(32)33)12-8-7-9-13-27/h20,22-23H,5-19H2,1-4H3,(H,32,33)/t20-,23?/m0/s1. The van der Waals surface area contributed by atoms with Gasteiger partial charge in [0.2, 0.25) is 0 Å². The number of aliphatic carboxylic acids is 1. The molecule has 2 atom stereocenters. The van der Waals surface area contributed by atoms with E-state index in [1.807, 2.05) is 0 Å². The molecule has 0 aromatic carbocycles. The van der Waals surface area contributed by atoms with Crippen LogP contribution in [0.1, 0.15) is 88.6 Å². The second-order valence-electron chi connectivity index (χ2n) is 11.3. The van der Waals surface area contributed by atoms with E-state index in [0.29, 0.717) is 17.8 Å². The van der Waals surface area contributed by atoms with Crippen LogP contribution in [0.3, 0.4) is 0 Å². The Balaban J connectivity index is 1.31. The van der Waals surface area contributed by atoms with Crippen LogP contribution in [0.4, 0.5) is 0 Å². The van der Waals surface area contributed by atoms with Crippen molar-refractivity contribution < 1.29 is 9.90 Å². The maximum atomic E-state index is 12.1. The molecule has 0 radical (unpaired) electrons. The fourth-order valence-electron chi connectivity index (χ4n) is 7.04. The number of rotatable bonds is 8. The highest BCUT2D eigenvalue weighted by atomic mass is 16.4. The van der Waals surface area contributed by atoms with Gasteiger partial charge in [-0.25, -0.2) is 0 Å². The molecule has 1 aliphatic carbocycles. The van der Waals surface area contributed by atoms with E-state index < -0.39 is 11.4 Å². The van der Waals surface area contributed by atoms with Crippen LogP contribution in [0.2, 0.25) is 0 Å².